The molecule has 0 saturated carbocycles. The van der Waals surface area contributed by atoms with Crippen LogP contribution < -0.4 is 10.5 Å². The smallest absolute Gasteiger partial charge is 0.251 e. The molecule has 5 nitrogen and oxygen atoms in total. The second kappa shape index (κ2) is 8.21. The minimum Gasteiger partial charge on any atom is -0.496 e. The molecule has 136 valence electrons. The van der Waals surface area contributed by atoms with Crippen molar-refractivity contribution in [2.24, 2.45) is 5.73 Å². The zero-order valence-corrected chi connectivity index (χ0v) is 15.8. The van der Waals surface area contributed by atoms with E-state index in [1.165, 1.54) is 0 Å². The molecular weight excluding hydrogens is 316 g/mol. The number of aromatic nitrogens is 1. The third-order valence-electron chi connectivity index (χ3n) is 4.59. The minimum absolute atomic E-state index is 0.396. The van der Waals surface area contributed by atoms with E-state index in [0.717, 1.165) is 46.8 Å². The summed E-state index contributed by atoms with van der Waals surface area (Å²) in [6, 6.07) is 5.94. The van der Waals surface area contributed by atoms with E-state index >= 15 is 0 Å². The van der Waals surface area contributed by atoms with Crippen LogP contribution in [0.15, 0.2) is 18.2 Å². The number of hydrogen-bond acceptors (Lipinski definition) is 3. The summed E-state index contributed by atoms with van der Waals surface area (Å²) in [4.78, 5) is 12.1. The van der Waals surface area contributed by atoms with E-state index in [-0.39, 0.29) is 0 Å². The predicted octanol–water partition coefficient (Wildman–Crippen LogP) is 3.61. The fourth-order valence-corrected chi connectivity index (χ4v) is 3.38. The second-order valence-corrected chi connectivity index (χ2v) is 6.17. The molecule has 0 atom stereocenters. The molecule has 2 aromatic rings. The third kappa shape index (κ3) is 3.87. The number of nitrogens with zero attached hydrogens (tertiary/aromatic N) is 1. The van der Waals surface area contributed by atoms with Crippen molar-refractivity contribution in [3.63, 3.8) is 0 Å². The lowest BCUT2D eigenvalue weighted by Crippen LogP contribution is -2.13. The van der Waals surface area contributed by atoms with Crippen LogP contribution in [0.5, 0.6) is 5.75 Å². The van der Waals surface area contributed by atoms with Crippen molar-refractivity contribution in [2.45, 2.75) is 40.7 Å². The van der Waals surface area contributed by atoms with Gasteiger partial charge >= 0.3 is 0 Å². The van der Waals surface area contributed by atoms with Crippen LogP contribution in [-0.2, 0) is 11.3 Å². The van der Waals surface area contributed by atoms with E-state index in [9.17, 15) is 4.79 Å². The maximum Gasteiger partial charge on any atom is 0.251 e. The summed E-state index contributed by atoms with van der Waals surface area (Å²) in [5, 5.41) is 0. The highest BCUT2D eigenvalue weighted by molar-refractivity contribution is 6.02. The molecule has 1 heterocycles. The molecule has 0 fully saturated rings. The number of carbonyl (C=O) groups excluding carboxylic acids is 1. The van der Waals surface area contributed by atoms with Crippen molar-refractivity contribution in [1.82, 2.24) is 4.57 Å². The van der Waals surface area contributed by atoms with Gasteiger partial charge < -0.3 is 19.8 Å². The number of primary amides is 1. The van der Waals surface area contributed by atoms with E-state index in [4.69, 9.17) is 15.2 Å². The lowest BCUT2D eigenvalue weighted by atomic mass is 9.98. The van der Waals surface area contributed by atoms with Crippen LogP contribution in [0.25, 0.3) is 11.1 Å². The van der Waals surface area contributed by atoms with E-state index < -0.39 is 5.91 Å². The number of aryl methyl sites for hydroxylation is 1. The van der Waals surface area contributed by atoms with Crippen molar-refractivity contribution in [2.75, 3.05) is 20.3 Å². The van der Waals surface area contributed by atoms with Crippen LogP contribution in [0.4, 0.5) is 0 Å². The second-order valence-electron chi connectivity index (χ2n) is 6.17. The van der Waals surface area contributed by atoms with Gasteiger partial charge in [0.15, 0.2) is 0 Å². The first-order valence-corrected chi connectivity index (χ1v) is 8.64. The lowest BCUT2D eigenvalue weighted by molar-refractivity contribution is 0.1000. The number of nitrogens with two attached hydrogens (primary N) is 1. The van der Waals surface area contributed by atoms with E-state index in [2.05, 4.69) is 4.57 Å². The molecule has 0 spiro atoms. The Morgan fingerprint density at radius 2 is 1.92 bits per heavy atom. The summed E-state index contributed by atoms with van der Waals surface area (Å²) >= 11 is 0. The molecule has 0 unspecified atom stereocenters. The Labute approximate surface area is 149 Å². The van der Waals surface area contributed by atoms with Gasteiger partial charge in [0.2, 0.25) is 0 Å². The molecule has 0 aliphatic rings. The Balaban J connectivity index is 2.49. The highest BCUT2D eigenvalue weighted by Gasteiger charge is 2.22. The van der Waals surface area contributed by atoms with Crippen LogP contribution in [-0.4, -0.2) is 30.8 Å². The fourth-order valence-electron chi connectivity index (χ4n) is 3.38. The maximum atomic E-state index is 12.1. The number of rotatable bonds is 8. The standard InChI is InChI=1S/C20H28N2O3/c1-6-25-11-7-10-22-14(3)18(19(15(22)4)20(21)23)16-8-9-17(24-5)13(2)12-16/h8-9,12H,6-7,10-11H2,1-5H3,(H2,21,23). The molecule has 5 heteroatoms. The molecule has 0 aliphatic carbocycles. The molecule has 0 radical (unpaired) electrons. The average molecular weight is 344 g/mol. The van der Waals surface area contributed by atoms with Gasteiger partial charge in [0.05, 0.1) is 12.7 Å². The van der Waals surface area contributed by atoms with Crippen molar-refractivity contribution in [1.29, 1.82) is 0 Å². The van der Waals surface area contributed by atoms with Gasteiger partial charge in [0, 0.05) is 36.7 Å². The Morgan fingerprint density at radius 3 is 2.48 bits per heavy atom. The maximum absolute atomic E-state index is 12.1. The molecule has 25 heavy (non-hydrogen) atoms. The Kier molecular flexibility index (Phi) is 6.26. The Morgan fingerprint density at radius 1 is 1.20 bits per heavy atom. The molecular formula is C20H28N2O3. The van der Waals surface area contributed by atoms with Crippen LogP contribution in [0.1, 0.15) is 40.7 Å². The molecule has 1 amide bonds. The number of ether oxygens (including phenoxy) is 2. The van der Waals surface area contributed by atoms with E-state index in [1.54, 1.807) is 7.11 Å². The number of amides is 1. The summed E-state index contributed by atoms with van der Waals surface area (Å²) in [7, 11) is 1.65. The van der Waals surface area contributed by atoms with Crippen LogP contribution in [0.3, 0.4) is 0 Å². The summed E-state index contributed by atoms with van der Waals surface area (Å²) in [6.45, 7) is 10.2. The zero-order chi connectivity index (χ0) is 18.6. The van der Waals surface area contributed by atoms with Crippen molar-refractivity contribution < 1.29 is 14.3 Å². The van der Waals surface area contributed by atoms with E-state index in [0.29, 0.717) is 18.8 Å². The number of hydrogen-bond donors (Lipinski definition) is 1. The van der Waals surface area contributed by atoms with Gasteiger partial charge in [-0.15, -0.1) is 0 Å². The predicted molar refractivity (Wildman–Crippen MR) is 100 cm³/mol. The van der Waals surface area contributed by atoms with Gasteiger partial charge in [0.25, 0.3) is 5.91 Å². The Bertz CT molecular complexity index is 763. The monoisotopic (exact) mass is 344 g/mol. The third-order valence-corrected chi connectivity index (χ3v) is 4.59. The van der Waals surface area contributed by atoms with Crippen LogP contribution in [0.2, 0.25) is 0 Å². The first-order valence-electron chi connectivity index (χ1n) is 8.64. The highest BCUT2D eigenvalue weighted by atomic mass is 16.5. The highest BCUT2D eigenvalue weighted by Crippen LogP contribution is 2.34. The van der Waals surface area contributed by atoms with Gasteiger partial charge in [0.1, 0.15) is 5.75 Å². The number of benzene rings is 1. The van der Waals surface area contributed by atoms with E-state index in [1.807, 2.05) is 45.9 Å². The van der Waals surface area contributed by atoms with Crippen molar-refractivity contribution in [3.8, 4) is 16.9 Å². The number of methoxy groups -OCH3 is 1. The van der Waals surface area contributed by atoms with Crippen molar-refractivity contribution in [3.05, 3.63) is 40.7 Å². The summed E-state index contributed by atoms with van der Waals surface area (Å²) in [6.07, 6.45) is 0.892. The SMILES string of the molecule is CCOCCCn1c(C)c(C(N)=O)c(-c2ccc(OC)c(C)c2)c1C. The summed E-state index contributed by atoms with van der Waals surface area (Å²) < 4.78 is 12.9. The topological polar surface area (TPSA) is 66.5 Å². The van der Waals surface area contributed by atoms with Gasteiger partial charge in [-0.25, -0.2) is 0 Å². The molecule has 0 aliphatic heterocycles. The van der Waals surface area contributed by atoms with Gasteiger partial charge in [-0.3, -0.25) is 4.79 Å². The fraction of sp³-hybridized carbons (Fsp3) is 0.450. The van der Waals surface area contributed by atoms with Crippen molar-refractivity contribution >= 4 is 5.91 Å². The quantitative estimate of drug-likeness (QED) is 0.744. The van der Waals surface area contributed by atoms with Gasteiger partial charge in [-0.2, -0.15) is 0 Å². The lowest BCUT2D eigenvalue weighted by Gasteiger charge is -2.11. The molecule has 2 N–H and O–H groups in total. The molecule has 0 bridgehead atoms. The Hall–Kier alpha value is -2.27. The first kappa shape index (κ1) is 19.1. The van der Waals surface area contributed by atoms with Gasteiger partial charge in [-0.05, 0) is 57.4 Å². The van der Waals surface area contributed by atoms with Gasteiger partial charge in [-0.1, -0.05) is 6.07 Å². The number of carbonyl (C=O) groups is 1. The van der Waals surface area contributed by atoms with Crippen LogP contribution in [0, 0.1) is 20.8 Å². The largest absolute Gasteiger partial charge is 0.496 e. The first-order chi connectivity index (χ1) is 11.9. The normalized spacial score (nSPS) is 10.9. The molecule has 2 rings (SSSR count). The minimum atomic E-state index is -0.396. The molecule has 1 aromatic carbocycles. The summed E-state index contributed by atoms with van der Waals surface area (Å²) in [5.41, 5.74) is 11.2. The molecule has 1 aromatic heterocycles. The molecule has 0 saturated heterocycles. The summed E-state index contributed by atoms with van der Waals surface area (Å²) in [5.74, 6) is 0.433. The van der Waals surface area contributed by atoms with Crippen LogP contribution >= 0.6 is 0 Å². The average Bonchev–Trinajstić information content (AvgIpc) is 2.82. The zero-order valence-electron chi connectivity index (χ0n) is 15.8.